The third-order valence-corrected chi connectivity index (χ3v) is 5.90. The number of anilines is 1. The minimum Gasteiger partial charge on any atom is -0.507 e. The van der Waals surface area contributed by atoms with E-state index in [1.807, 2.05) is 0 Å². The Hall–Kier alpha value is -4.18. The van der Waals surface area contributed by atoms with E-state index in [0.717, 1.165) is 17.0 Å². The van der Waals surface area contributed by atoms with Crippen molar-refractivity contribution in [2.24, 2.45) is 0 Å². The van der Waals surface area contributed by atoms with Gasteiger partial charge in [-0.3, -0.25) is 14.5 Å². The Bertz CT molecular complexity index is 1410. The lowest BCUT2D eigenvalue weighted by molar-refractivity contribution is -0.274. The molecule has 37 heavy (non-hydrogen) atoms. The maximum Gasteiger partial charge on any atom is 0.573 e. The Morgan fingerprint density at radius 3 is 2.30 bits per heavy atom. The second-order valence-electron chi connectivity index (χ2n) is 7.84. The van der Waals surface area contributed by atoms with E-state index in [4.69, 9.17) is 21.1 Å². The number of benzene rings is 3. The fourth-order valence-corrected chi connectivity index (χ4v) is 4.28. The van der Waals surface area contributed by atoms with Gasteiger partial charge in [0.15, 0.2) is 0 Å². The summed E-state index contributed by atoms with van der Waals surface area (Å²) in [6, 6.07) is 14.1. The first-order valence-corrected chi connectivity index (χ1v) is 11.1. The molecule has 0 spiro atoms. The molecule has 4 rings (SSSR count). The highest BCUT2D eigenvalue weighted by Gasteiger charge is 2.47. The van der Waals surface area contributed by atoms with Crippen LogP contribution in [0.1, 0.15) is 17.2 Å². The second-order valence-corrected chi connectivity index (χ2v) is 8.25. The van der Waals surface area contributed by atoms with E-state index >= 15 is 0 Å². The molecule has 0 bridgehead atoms. The molecule has 1 heterocycles. The molecule has 0 aromatic heterocycles. The van der Waals surface area contributed by atoms with Gasteiger partial charge in [0.1, 0.15) is 23.0 Å². The van der Waals surface area contributed by atoms with Crippen LogP contribution in [0.15, 0.2) is 72.3 Å². The summed E-state index contributed by atoms with van der Waals surface area (Å²) in [5.41, 5.74) is 0.151. The molecule has 1 atom stereocenters. The average molecular weight is 534 g/mol. The predicted octanol–water partition coefficient (Wildman–Crippen LogP) is 5.88. The van der Waals surface area contributed by atoms with Gasteiger partial charge in [-0.15, -0.1) is 13.2 Å². The first-order chi connectivity index (χ1) is 17.5. The summed E-state index contributed by atoms with van der Waals surface area (Å²) in [5, 5.41) is 11.4. The van der Waals surface area contributed by atoms with E-state index in [-0.39, 0.29) is 21.8 Å². The van der Waals surface area contributed by atoms with Crippen LogP contribution in [-0.4, -0.2) is 37.4 Å². The van der Waals surface area contributed by atoms with Gasteiger partial charge in [0.25, 0.3) is 11.7 Å². The molecular weight excluding hydrogens is 515 g/mol. The smallest absolute Gasteiger partial charge is 0.507 e. The summed E-state index contributed by atoms with van der Waals surface area (Å²) < 4.78 is 52.8. The lowest BCUT2D eigenvalue weighted by Crippen LogP contribution is -2.29. The number of hydrogen-bond acceptors (Lipinski definition) is 6. The van der Waals surface area contributed by atoms with E-state index in [1.165, 1.54) is 44.6 Å². The zero-order valence-corrected chi connectivity index (χ0v) is 20.1. The Balaban J connectivity index is 1.92. The van der Waals surface area contributed by atoms with Crippen molar-refractivity contribution in [2.75, 3.05) is 19.1 Å². The number of aliphatic hydroxyl groups excluding tert-OH is 1. The highest BCUT2D eigenvalue weighted by molar-refractivity contribution is 6.51. The number of carbonyl (C=O) groups excluding carboxylic acids is 2. The fourth-order valence-electron chi connectivity index (χ4n) is 4.03. The molecule has 3 aromatic carbocycles. The molecule has 1 unspecified atom stereocenters. The van der Waals surface area contributed by atoms with Gasteiger partial charge in [0.2, 0.25) is 0 Å². The van der Waals surface area contributed by atoms with Gasteiger partial charge in [0, 0.05) is 17.3 Å². The zero-order chi connectivity index (χ0) is 26.9. The van der Waals surface area contributed by atoms with Gasteiger partial charge in [0.05, 0.1) is 30.9 Å². The Labute approximate surface area is 214 Å². The van der Waals surface area contributed by atoms with Crippen molar-refractivity contribution < 1.29 is 42.1 Å². The Morgan fingerprint density at radius 2 is 1.65 bits per heavy atom. The van der Waals surface area contributed by atoms with Gasteiger partial charge >= 0.3 is 6.36 Å². The predicted molar refractivity (Wildman–Crippen MR) is 129 cm³/mol. The summed E-state index contributed by atoms with van der Waals surface area (Å²) in [7, 11) is 2.83. The van der Waals surface area contributed by atoms with Gasteiger partial charge in [-0.2, -0.15) is 0 Å². The normalized spacial score (nSPS) is 17.1. The molecule has 1 aliphatic rings. The molecule has 192 valence electrons. The molecule has 7 nitrogen and oxygen atoms in total. The summed E-state index contributed by atoms with van der Waals surface area (Å²) in [6.07, 6.45) is -4.97. The van der Waals surface area contributed by atoms with Crippen molar-refractivity contribution in [3.05, 3.63) is 88.5 Å². The van der Waals surface area contributed by atoms with Crippen LogP contribution in [0.2, 0.25) is 5.02 Å². The van der Waals surface area contributed by atoms with Crippen LogP contribution in [0.5, 0.6) is 17.2 Å². The largest absolute Gasteiger partial charge is 0.573 e. The molecule has 1 fully saturated rings. The van der Waals surface area contributed by atoms with Crippen molar-refractivity contribution in [3.8, 4) is 17.2 Å². The number of halogens is 4. The number of aliphatic hydroxyl groups is 1. The van der Waals surface area contributed by atoms with Crippen LogP contribution >= 0.6 is 11.6 Å². The SMILES string of the molecule is COc1cccc(C2/C(=C(\O)c3ccc(OC)c(Cl)c3)C(=O)C(=O)N2c2cccc(OC(F)(F)F)c2)c1. The molecule has 3 aromatic rings. The highest BCUT2D eigenvalue weighted by Crippen LogP contribution is 2.44. The number of alkyl halides is 3. The lowest BCUT2D eigenvalue weighted by Gasteiger charge is -2.26. The monoisotopic (exact) mass is 533 g/mol. The van der Waals surface area contributed by atoms with Crippen molar-refractivity contribution in [1.82, 2.24) is 0 Å². The molecule has 11 heteroatoms. The number of ketones is 1. The van der Waals surface area contributed by atoms with E-state index < -0.39 is 35.6 Å². The summed E-state index contributed by atoms with van der Waals surface area (Å²) in [5.74, 6) is -2.49. The van der Waals surface area contributed by atoms with Gasteiger partial charge in [-0.1, -0.05) is 29.8 Å². The van der Waals surface area contributed by atoms with Crippen molar-refractivity contribution >= 4 is 34.7 Å². The van der Waals surface area contributed by atoms with E-state index in [1.54, 1.807) is 24.3 Å². The first kappa shape index (κ1) is 25.9. The van der Waals surface area contributed by atoms with Crippen molar-refractivity contribution in [1.29, 1.82) is 0 Å². The first-order valence-electron chi connectivity index (χ1n) is 10.7. The second kappa shape index (κ2) is 10.1. The number of amides is 1. The quantitative estimate of drug-likeness (QED) is 0.242. The summed E-state index contributed by atoms with van der Waals surface area (Å²) in [4.78, 5) is 27.5. The van der Waals surface area contributed by atoms with Crippen molar-refractivity contribution in [2.45, 2.75) is 12.4 Å². The molecule has 0 aliphatic carbocycles. The highest BCUT2D eigenvalue weighted by atomic mass is 35.5. The van der Waals surface area contributed by atoms with E-state index in [0.29, 0.717) is 17.1 Å². The minimum absolute atomic E-state index is 0.0523. The summed E-state index contributed by atoms with van der Waals surface area (Å²) in [6.45, 7) is 0. The Morgan fingerprint density at radius 1 is 0.946 bits per heavy atom. The molecule has 1 saturated heterocycles. The number of nitrogens with zero attached hydrogens (tertiary/aromatic N) is 1. The van der Waals surface area contributed by atoms with E-state index in [2.05, 4.69) is 4.74 Å². The standard InChI is InChI=1S/C26H19ClF3NO6/c1-35-17-7-3-5-14(11-17)22-21(23(32)15-9-10-20(36-2)19(27)12-15)24(33)25(34)31(22)16-6-4-8-18(13-16)37-26(28,29)30/h3-13,22,32H,1-2H3/b23-21+. The van der Waals surface area contributed by atoms with Crippen molar-refractivity contribution in [3.63, 3.8) is 0 Å². The number of Topliss-reactive ketones (excluding diaryl/α,β-unsaturated/α-hetero) is 1. The molecule has 1 aliphatic heterocycles. The molecule has 0 saturated carbocycles. The van der Waals surface area contributed by atoms with Gasteiger partial charge in [-0.05, 0) is 48.0 Å². The number of hydrogen-bond donors (Lipinski definition) is 1. The third kappa shape index (κ3) is 5.19. The fraction of sp³-hybridized carbons (Fsp3) is 0.154. The summed E-state index contributed by atoms with van der Waals surface area (Å²) >= 11 is 6.19. The topological polar surface area (TPSA) is 85.3 Å². The Kier molecular flexibility index (Phi) is 7.04. The van der Waals surface area contributed by atoms with Gasteiger partial charge in [-0.25, -0.2) is 0 Å². The lowest BCUT2D eigenvalue weighted by atomic mass is 9.95. The van der Waals surface area contributed by atoms with Crippen LogP contribution in [0.3, 0.4) is 0 Å². The third-order valence-electron chi connectivity index (χ3n) is 5.61. The number of carbonyl (C=O) groups is 2. The van der Waals surface area contributed by atoms with Crippen LogP contribution in [-0.2, 0) is 9.59 Å². The number of ether oxygens (including phenoxy) is 3. The zero-order valence-electron chi connectivity index (χ0n) is 19.4. The van der Waals surface area contributed by atoms with Gasteiger partial charge < -0.3 is 19.3 Å². The average Bonchev–Trinajstić information content (AvgIpc) is 3.13. The molecular formula is C26H19ClF3NO6. The molecule has 1 N–H and O–H groups in total. The molecule has 0 radical (unpaired) electrons. The number of methoxy groups -OCH3 is 2. The van der Waals surface area contributed by atoms with Crippen LogP contribution in [0.25, 0.3) is 5.76 Å². The maximum absolute atomic E-state index is 13.3. The van der Waals surface area contributed by atoms with Crippen LogP contribution < -0.4 is 19.1 Å². The van der Waals surface area contributed by atoms with E-state index in [9.17, 15) is 27.9 Å². The minimum atomic E-state index is -4.97. The molecule has 1 amide bonds. The maximum atomic E-state index is 13.3. The van der Waals surface area contributed by atoms with Crippen LogP contribution in [0, 0.1) is 0 Å². The van der Waals surface area contributed by atoms with Crippen LogP contribution in [0.4, 0.5) is 18.9 Å². The number of rotatable bonds is 6.